The molecule has 1 aliphatic rings. The molecule has 6 nitrogen and oxygen atoms in total. The first-order valence-corrected chi connectivity index (χ1v) is 6.25. The molecule has 4 N–H and O–H groups in total. The van der Waals surface area contributed by atoms with Crippen LogP contribution in [0.15, 0.2) is 0 Å². The van der Waals surface area contributed by atoms with E-state index < -0.39 is 22.2 Å². The minimum Gasteiger partial charge on any atom is -0.475 e. The number of nitrogens with one attached hydrogen (secondary N) is 1. The van der Waals surface area contributed by atoms with E-state index in [1.54, 1.807) is 0 Å². The SMILES string of the molecule is NS(=O)(=O)CCC1CNC1.O=C(O)C(F)(F)F. The van der Waals surface area contributed by atoms with Crippen molar-refractivity contribution in [2.75, 3.05) is 18.8 Å². The molecule has 1 saturated heterocycles. The molecule has 0 saturated carbocycles. The van der Waals surface area contributed by atoms with Gasteiger partial charge in [-0.1, -0.05) is 0 Å². The van der Waals surface area contributed by atoms with Gasteiger partial charge in [0, 0.05) is 0 Å². The quantitative estimate of drug-likeness (QED) is 0.646. The van der Waals surface area contributed by atoms with Crippen LogP contribution in [0, 0.1) is 5.92 Å². The van der Waals surface area contributed by atoms with Crippen LogP contribution < -0.4 is 10.5 Å². The average molecular weight is 278 g/mol. The Morgan fingerprint density at radius 1 is 1.41 bits per heavy atom. The monoisotopic (exact) mass is 278 g/mol. The number of aliphatic carboxylic acids is 1. The van der Waals surface area contributed by atoms with Gasteiger partial charge >= 0.3 is 12.1 Å². The molecule has 0 atom stereocenters. The van der Waals surface area contributed by atoms with Gasteiger partial charge in [-0.15, -0.1) is 0 Å². The zero-order chi connectivity index (χ0) is 13.7. The van der Waals surface area contributed by atoms with Gasteiger partial charge in [0.05, 0.1) is 5.75 Å². The highest BCUT2D eigenvalue weighted by Crippen LogP contribution is 2.13. The van der Waals surface area contributed by atoms with E-state index in [1.165, 1.54) is 0 Å². The number of primary sulfonamides is 1. The van der Waals surface area contributed by atoms with Gasteiger partial charge in [0.15, 0.2) is 0 Å². The van der Waals surface area contributed by atoms with Crippen LogP contribution >= 0.6 is 0 Å². The van der Waals surface area contributed by atoms with Gasteiger partial charge in [0.25, 0.3) is 0 Å². The number of hydrogen-bond donors (Lipinski definition) is 3. The summed E-state index contributed by atoms with van der Waals surface area (Å²) in [6.45, 7) is 1.88. The number of sulfonamides is 1. The third-order valence-electron chi connectivity index (χ3n) is 1.92. The molecule has 1 fully saturated rings. The highest BCUT2D eigenvalue weighted by molar-refractivity contribution is 7.89. The molecule has 0 amide bonds. The van der Waals surface area contributed by atoms with Gasteiger partial charge in [0.1, 0.15) is 0 Å². The van der Waals surface area contributed by atoms with Crippen LogP contribution in [0.25, 0.3) is 0 Å². The molecular weight excluding hydrogens is 265 g/mol. The van der Waals surface area contributed by atoms with E-state index in [4.69, 9.17) is 15.0 Å². The fourth-order valence-electron chi connectivity index (χ4n) is 0.884. The summed E-state index contributed by atoms with van der Waals surface area (Å²) < 4.78 is 52.6. The average Bonchev–Trinajstić information content (AvgIpc) is 1.97. The molecule has 17 heavy (non-hydrogen) atoms. The lowest BCUT2D eigenvalue weighted by atomic mass is 10.0. The number of carbonyl (C=O) groups is 1. The molecule has 1 heterocycles. The molecule has 0 radical (unpaired) electrons. The molecule has 0 bridgehead atoms. The highest BCUT2D eigenvalue weighted by atomic mass is 32.2. The van der Waals surface area contributed by atoms with Crippen LogP contribution in [0.2, 0.25) is 0 Å². The van der Waals surface area contributed by atoms with E-state index >= 15 is 0 Å². The standard InChI is InChI=1S/C5H12N2O2S.C2HF3O2/c6-10(8,9)2-1-5-3-7-4-5;3-2(4,5)1(6)7/h5,7H,1-4H2,(H2,6,8,9);(H,6,7). The van der Waals surface area contributed by atoms with Crippen molar-refractivity contribution in [2.24, 2.45) is 11.1 Å². The van der Waals surface area contributed by atoms with Crippen LogP contribution in [0.4, 0.5) is 13.2 Å². The molecule has 0 aromatic heterocycles. The van der Waals surface area contributed by atoms with E-state index in [0.717, 1.165) is 13.1 Å². The summed E-state index contributed by atoms with van der Waals surface area (Å²) in [5.74, 6) is -2.11. The number of rotatable bonds is 3. The van der Waals surface area contributed by atoms with Crippen molar-refractivity contribution >= 4 is 16.0 Å². The first kappa shape index (κ1) is 16.1. The van der Waals surface area contributed by atoms with Gasteiger partial charge in [-0.2, -0.15) is 13.2 Å². The Hall–Kier alpha value is -0.870. The lowest BCUT2D eigenvalue weighted by Crippen LogP contribution is -2.43. The summed E-state index contributed by atoms with van der Waals surface area (Å²) in [7, 11) is -3.22. The normalized spacial score (nSPS) is 16.7. The van der Waals surface area contributed by atoms with Crippen molar-refractivity contribution < 1.29 is 31.5 Å². The van der Waals surface area contributed by atoms with E-state index in [-0.39, 0.29) is 5.75 Å². The Kier molecular flexibility index (Phi) is 5.85. The van der Waals surface area contributed by atoms with Gasteiger partial charge in [-0.05, 0) is 25.4 Å². The highest BCUT2D eigenvalue weighted by Gasteiger charge is 2.38. The van der Waals surface area contributed by atoms with Crippen LogP contribution in [-0.2, 0) is 14.8 Å². The number of hydrogen-bond acceptors (Lipinski definition) is 4. The third-order valence-corrected chi connectivity index (χ3v) is 2.72. The number of nitrogens with two attached hydrogens (primary N) is 1. The van der Waals surface area contributed by atoms with Crippen molar-refractivity contribution in [2.45, 2.75) is 12.6 Å². The Morgan fingerprint density at radius 2 is 1.82 bits per heavy atom. The lowest BCUT2D eigenvalue weighted by Gasteiger charge is -2.26. The largest absolute Gasteiger partial charge is 0.490 e. The summed E-state index contributed by atoms with van der Waals surface area (Å²) in [5, 5.41) is 15.0. The molecule has 10 heteroatoms. The fraction of sp³-hybridized carbons (Fsp3) is 0.857. The van der Waals surface area contributed by atoms with E-state index in [2.05, 4.69) is 5.32 Å². The summed E-state index contributed by atoms with van der Waals surface area (Å²) in [6.07, 6.45) is -4.38. The van der Waals surface area contributed by atoms with Crippen molar-refractivity contribution in [1.29, 1.82) is 0 Å². The summed E-state index contributed by atoms with van der Waals surface area (Å²) >= 11 is 0. The van der Waals surface area contributed by atoms with Crippen molar-refractivity contribution in [1.82, 2.24) is 5.32 Å². The third kappa shape index (κ3) is 8.89. The van der Waals surface area contributed by atoms with Gasteiger partial charge < -0.3 is 10.4 Å². The molecule has 0 aromatic rings. The van der Waals surface area contributed by atoms with Crippen LogP contribution in [0.3, 0.4) is 0 Å². The predicted molar refractivity (Wildman–Crippen MR) is 52.6 cm³/mol. The second kappa shape index (κ2) is 6.17. The second-order valence-electron chi connectivity index (χ2n) is 3.48. The molecule has 0 unspecified atom stereocenters. The van der Waals surface area contributed by atoms with Crippen LogP contribution in [0.5, 0.6) is 0 Å². The van der Waals surface area contributed by atoms with Gasteiger partial charge in [-0.25, -0.2) is 18.4 Å². The summed E-state index contributed by atoms with van der Waals surface area (Å²) in [6, 6.07) is 0. The molecule has 0 aromatic carbocycles. The number of carboxylic acids is 1. The maximum atomic E-state index is 10.6. The topological polar surface area (TPSA) is 109 Å². The molecule has 0 spiro atoms. The molecule has 1 rings (SSSR count). The Balaban J connectivity index is 0.000000325. The van der Waals surface area contributed by atoms with Crippen molar-refractivity contribution in [3.63, 3.8) is 0 Å². The molecule has 1 aliphatic heterocycles. The number of alkyl halides is 3. The smallest absolute Gasteiger partial charge is 0.475 e. The van der Waals surface area contributed by atoms with Crippen molar-refractivity contribution in [3.05, 3.63) is 0 Å². The summed E-state index contributed by atoms with van der Waals surface area (Å²) in [5.41, 5.74) is 0. The molecule has 0 aliphatic carbocycles. The fourth-order valence-corrected chi connectivity index (χ4v) is 1.55. The minimum absolute atomic E-state index is 0.124. The minimum atomic E-state index is -5.08. The first-order chi connectivity index (χ1) is 7.52. The van der Waals surface area contributed by atoms with Crippen LogP contribution in [0.1, 0.15) is 6.42 Å². The van der Waals surface area contributed by atoms with E-state index in [9.17, 15) is 21.6 Å². The Labute approximate surface area is 96.0 Å². The van der Waals surface area contributed by atoms with E-state index in [0.29, 0.717) is 12.3 Å². The van der Waals surface area contributed by atoms with Gasteiger partial charge in [-0.3, -0.25) is 0 Å². The van der Waals surface area contributed by atoms with Crippen molar-refractivity contribution in [3.8, 4) is 0 Å². The molecule has 102 valence electrons. The van der Waals surface area contributed by atoms with Gasteiger partial charge in [0.2, 0.25) is 10.0 Å². The number of carboxylic acid groups (broad SMARTS) is 1. The zero-order valence-electron chi connectivity index (χ0n) is 8.70. The second-order valence-corrected chi connectivity index (χ2v) is 5.22. The maximum absolute atomic E-state index is 10.6. The predicted octanol–water partition coefficient (Wildman–Crippen LogP) is -0.482. The summed E-state index contributed by atoms with van der Waals surface area (Å²) in [4.78, 5) is 8.90. The Bertz CT molecular complexity index is 351. The maximum Gasteiger partial charge on any atom is 0.490 e. The Morgan fingerprint density at radius 3 is 2.00 bits per heavy atom. The molecular formula is C7H13F3N2O4S. The zero-order valence-corrected chi connectivity index (χ0v) is 9.51. The van der Waals surface area contributed by atoms with E-state index in [1.807, 2.05) is 0 Å². The number of halogens is 3. The lowest BCUT2D eigenvalue weighted by molar-refractivity contribution is -0.192. The first-order valence-electron chi connectivity index (χ1n) is 4.53. The van der Waals surface area contributed by atoms with Crippen LogP contribution in [-0.4, -0.2) is 44.5 Å².